The lowest BCUT2D eigenvalue weighted by Gasteiger charge is -2.29. The highest BCUT2D eigenvalue weighted by atomic mass is 35.5. The van der Waals surface area contributed by atoms with E-state index in [-0.39, 0.29) is 17.6 Å². The van der Waals surface area contributed by atoms with E-state index in [1.807, 2.05) is 13.1 Å². The molecule has 2 saturated heterocycles. The molecule has 1 amide bonds. The quantitative estimate of drug-likeness (QED) is 0.219. The Kier molecular flexibility index (Phi) is 8.70. The average molecular weight is 590 g/mol. The number of alkyl halides is 1. The molecule has 0 aliphatic carbocycles. The van der Waals surface area contributed by atoms with E-state index >= 15 is 0 Å². The molecule has 2 aromatic rings. The van der Waals surface area contributed by atoms with Crippen molar-refractivity contribution in [1.82, 2.24) is 29.8 Å². The summed E-state index contributed by atoms with van der Waals surface area (Å²) in [4.78, 5) is 35.6. The lowest BCUT2D eigenvalue weighted by Crippen LogP contribution is -2.46. The van der Waals surface area contributed by atoms with Gasteiger partial charge in [0.05, 0.1) is 31.2 Å². The summed E-state index contributed by atoms with van der Waals surface area (Å²) in [6, 6.07) is 8.87. The van der Waals surface area contributed by atoms with Crippen LogP contribution in [0.2, 0.25) is 0 Å². The molecule has 0 radical (unpaired) electrons. The predicted octanol–water partition coefficient (Wildman–Crippen LogP) is 3.08. The number of carbonyl (C=O) groups excluding carboxylic acids is 2. The fraction of sp³-hybridized carbons (Fsp3) is 0.464. The van der Waals surface area contributed by atoms with E-state index < -0.39 is 5.62 Å². The lowest BCUT2D eigenvalue weighted by molar-refractivity contribution is 0.0735. The van der Waals surface area contributed by atoms with E-state index in [4.69, 9.17) is 32.9 Å². The van der Waals surface area contributed by atoms with Gasteiger partial charge in [0, 0.05) is 73.7 Å². The van der Waals surface area contributed by atoms with Gasteiger partial charge in [-0.3, -0.25) is 9.59 Å². The lowest BCUT2D eigenvalue weighted by atomic mass is 9.87. The molecule has 3 aliphatic heterocycles. The molecule has 10 nitrogen and oxygen atoms in total. The smallest absolute Gasteiger partial charge is 0.254 e. The molecular weight excluding hydrogens is 555 g/mol. The number of piperidine rings is 1. The number of piperazine rings is 1. The van der Waals surface area contributed by atoms with Gasteiger partial charge in [0.1, 0.15) is 0 Å². The van der Waals surface area contributed by atoms with Gasteiger partial charge < -0.3 is 29.9 Å². The van der Waals surface area contributed by atoms with Gasteiger partial charge in [-0.15, -0.1) is 0 Å². The molecule has 3 aliphatic rings. The second-order valence-corrected chi connectivity index (χ2v) is 10.8. The van der Waals surface area contributed by atoms with Gasteiger partial charge >= 0.3 is 0 Å². The maximum Gasteiger partial charge on any atom is 0.254 e. The molecule has 40 heavy (non-hydrogen) atoms. The maximum atomic E-state index is 14.0. The highest BCUT2D eigenvalue weighted by Gasteiger charge is 2.39. The fourth-order valence-electron chi connectivity index (χ4n) is 5.51. The van der Waals surface area contributed by atoms with Crippen LogP contribution < -0.4 is 20.1 Å². The molecule has 0 spiro atoms. The van der Waals surface area contributed by atoms with E-state index in [0.717, 1.165) is 25.9 Å². The average Bonchev–Trinajstić information content (AvgIpc) is 3.23. The number of amides is 1. The van der Waals surface area contributed by atoms with Crippen LogP contribution in [0, 0.1) is 5.92 Å². The van der Waals surface area contributed by atoms with Crippen molar-refractivity contribution in [2.75, 3.05) is 60.5 Å². The van der Waals surface area contributed by atoms with Gasteiger partial charge in [0.15, 0.2) is 11.4 Å². The first-order valence-corrected chi connectivity index (χ1v) is 14.2. The monoisotopic (exact) mass is 588 g/mol. The van der Waals surface area contributed by atoms with Crippen LogP contribution in [0.5, 0.6) is 11.8 Å². The zero-order valence-corrected chi connectivity index (χ0v) is 24.4. The molecule has 0 bridgehead atoms. The van der Waals surface area contributed by atoms with Crippen LogP contribution in [-0.4, -0.2) is 97.1 Å². The van der Waals surface area contributed by atoms with Crippen molar-refractivity contribution in [3.8, 4) is 11.8 Å². The van der Waals surface area contributed by atoms with Crippen LogP contribution in [0.1, 0.15) is 44.7 Å². The molecule has 12 heteroatoms. The van der Waals surface area contributed by atoms with Gasteiger partial charge in [0.2, 0.25) is 11.8 Å². The number of nitrogens with one attached hydrogen (secondary N) is 2. The van der Waals surface area contributed by atoms with Crippen molar-refractivity contribution >= 4 is 46.5 Å². The summed E-state index contributed by atoms with van der Waals surface area (Å²) in [6.07, 6.45) is 1.55. The highest BCUT2D eigenvalue weighted by Crippen LogP contribution is 2.46. The molecule has 2 fully saturated rings. The Morgan fingerprint density at radius 1 is 0.950 bits per heavy atom. The van der Waals surface area contributed by atoms with Crippen molar-refractivity contribution in [3.05, 3.63) is 52.6 Å². The number of benzene rings is 1. The molecule has 0 saturated carbocycles. The zero-order chi connectivity index (χ0) is 28.4. The van der Waals surface area contributed by atoms with Crippen molar-refractivity contribution < 1.29 is 19.1 Å². The Bertz CT molecular complexity index is 1310. The SMILES string of the molecule is COc1ccc(C2=C(c3ccc(C(=O)C4CCNCC4)cc3C(=O)N3CCNCC3)N(Cl)C(Cl)N2C)c(OC)n1. The minimum Gasteiger partial charge on any atom is -0.481 e. The standard InChI is InChI=1S/C28H34Cl2N6O4/c1-34-23(20-6-7-22(39-2)33-26(20)40-3)24(36(30)28(34)29)19-5-4-18(25(37)17-8-10-31-11-9-17)16-21(19)27(38)35-14-12-32-13-15-35/h4-7,16-17,28,31-32H,8-15H2,1-3H3. The number of hydrogen-bond donors (Lipinski definition) is 2. The van der Waals surface area contributed by atoms with E-state index in [1.54, 1.807) is 34.1 Å². The van der Waals surface area contributed by atoms with Crippen LogP contribution in [0.4, 0.5) is 0 Å². The molecule has 1 aromatic carbocycles. The van der Waals surface area contributed by atoms with Gasteiger partial charge in [-0.25, -0.2) is 4.42 Å². The number of ketones is 1. The van der Waals surface area contributed by atoms with E-state index in [9.17, 15) is 9.59 Å². The van der Waals surface area contributed by atoms with Crippen LogP contribution >= 0.6 is 23.4 Å². The third-order valence-electron chi connectivity index (χ3n) is 7.69. The minimum absolute atomic E-state index is 0.0547. The highest BCUT2D eigenvalue weighted by molar-refractivity contribution is 6.30. The second-order valence-electron chi connectivity index (χ2n) is 10.0. The van der Waals surface area contributed by atoms with Crippen molar-refractivity contribution in [2.45, 2.75) is 18.5 Å². The third kappa shape index (κ3) is 5.33. The second kappa shape index (κ2) is 12.2. The first-order chi connectivity index (χ1) is 19.3. The Morgan fingerprint density at radius 3 is 2.30 bits per heavy atom. The van der Waals surface area contributed by atoms with E-state index in [0.29, 0.717) is 71.6 Å². The minimum atomic E-state index is -0.753. The molecule has 214 valence electrons. The number of aromatic nitrogens is 1. The Labute approximate surface area is 244 Å². The molecule has 1 aromatic heterocycles. The normalized spacial score (nSPS) is 20.2. The molecule has 1 unspecified atom stereocenters. The Morgan fingerprint density at radius 2 is 1.62 bits per heavy atom. The molecular formula is C28H34Cl2N6O4. The number of carbonyl (C=O) groups is 2. The van der Waals surface area contributed by atoms with Crippen LogP contribution in [0.25, 0.3) is 11.4 Å². The Hall–Kier alpha value is -3.05. The van der Waals surface area contributed by atoms with Crippen LogP contribution in [-0.2, 0) is 0 Å². The zero-order valence-electron chi connectivity index (χ0n) is 22.9. The van der Waals surface area contributed by atoms with Crippen molar-refractivity contribution in [2.24, 2.45) is 5.92 Å². The van der Waals surface area contributed by atoms with E-state index in [2.05, 4.69) is 15.6 Å². The number of nitrogens with zero attached hydrogens (tertiary/aromatic N) is 4. The summed E-state index contributed by atoms with van der Waals surface area (Å²) in [7, 11) is 4.87. The summed E-state index contributed by atoms with van der Waals surface area (Å²) in [5, 5.41) is 6.59. The Balaban J connectivity index is 1.68. The van der Waals surface area contributed by atoms with E-state index in [1.165, 1.54) is 18.6 Å². The number of hydrogen-bond acceptors (Lipinski definition) is 9. The van der Waals surface area contributed by atoms with Gasteiger partial charge in [0.25, 0.3) is 5.91 Å². The molecule has 5 rings (SSSR count). The first kappa shape index (κ1) is 28.5. The number of pyridine rings is 1. The topological polar surface area (TPSA) is 99.3 Å². The van der Waals surface area contributed by atoms with Gasteiger partial charge in [-0.2, -0.15) is 4.98 Å². The predicted molar refractivity (Wildman–Crippen MR) is 154 cm³/mol. The summed E-state index contributed by atoms with van der Waals surface area (Å²) >= 11 is 13.6. The number of methoxy groups -OCH3 is 2. The number of Topliss-reactive ketones (excluding diaryl/α,β-unsaturated/α-hetero) is 1. The third-order valence-corrected chi connectivity index (χ3v) is 8.64. The van der Waals surface area contributed by atoms with Crippen LogP contribution in [0.15, 0.2) is 30.3 Å². The van der Waals surface area contributed by atoms with Gasteiger partial charge in [-0.1, -0.05) is 23.7 Å². The number of ether oxygens (including phenoxy) is 2. The van der Waals surface area contributed by atoms with Gasteiger partial charge in [-0.05, 0) is 38.1 Å². The molecule has 1 atom stereocenters. The summed E-state index contributed by atoms with van der Waals surface area (Å²) in [5.41, 5.74) is 2.53. The van der Waals surface area contributed by atoms with Crippen molar-refractivity contribution in [1.29, 1.82) is 0 Å². The number of rotatable bonds is 7. The molecule has 4 heterocycles. The van der Waals surface area contributed by atoms with Crippen LogP contribution in [0.3, 0.4) is 0 Å². The maximum absolute atomic E-state index is 14.0. The van der Waals surface area contributed by atoms with Crippen molar-refractivity contribution in [3.63, 3.8) is 0 Å². The summed E-state index contributed by atoms with van der Waals surface area (Å²) in [6.45, 7) is 4.14. The summed E-state index contributed by atoms with van der Waals surface area (Å²) in [5.74, 6) is 0.534. The summed E-state index contributed by atoms with van der Waals surface area (Å²) < 4.78 is 12.3. The molecule has 2 N–H and O–H groups in total. The largest absolute Gasteiger partial charge is 0.481 e. The number of halogens is 2. The fourth-order valence-corrected chi connectivity index (χ4v) is 6.00. The first-order valence-electron chi connectivity index (χ1n) is 13.4.